The van der Waals surface area contributed by atoms with E-state index in [1.54, 1.807) is 7.11 Å². The first-order valence-corrected chi connectivity index (χ1v) is 8.42. The van der Waals surface area contributed by atoms with E-state index < -0.39 is 5.97 Å². The maximum absolute atomic E-state index is 12.1. The molecule has 2 aromatic heterocycles. The van der Waals surface area contributed by atoms with E-state index in [9.17, 15) is 4.79 Å². The van der Waals surface area contributed by atoms with Crippen LogP contribution in [-0.2, 0) is 9.47 Å². The number of benzene rings is 1. The minimum Gasteiger partial charge on any atom is -0.464 e. The minimum atomic E-state index is -0.414. The number of para-hydroxylation sites is 1. The van der Waals surface area contributed by atoms with Crippen molar-refractivity contribution in [2.75, 3.05) is 14.2 Å². The summed E-state index contributed by atoms with van der Waals surface area (Å²) < 4.78 is 10.3. The second kappa shape index (κ2) is 6.33. The fraction of sp³-hybridized carbons (Fsp3) is 0.300. The molecule has 3 aromatic rings. The third-order valence-corrected chi connectivity index (χ3v) is 4.89. The molecule has 1 aromatic carbocycles. The van der Waals surface area contributed by atoms with Gasteiger partial charge >= 0.3 is 5.97 Å². The summed E-state index contributed by atoms with van der Waals surface area (Å²) in [5, 5.41) is 2.09. The number of rotatable bonds is 3. The van der Waals surface area contributed by atoms with Crippen LogP contribution in [0.2, 0.25) is 0 Å². The first kappa shape index (κ1) is 15.8. The van der Waals surface area contributed by atoms with Crippen LogP contribution < -0.4 is 0 Å². The highest BCUT2D eigenvalue weighted by molar-refractivity contribution is 6.09. The van der Waals surface area contributed by atoms with Gasteiger partial charge in [-0.15, -0.1) is 0 Å². The van der Waals surface area contributed by atoms with Gasteiger partial charge in [-0.25, -0.2) is 9.78 Å². The molecular formula is C20H20N2O3. The van der Waals surface area contributed by atoms with E-state index in [4.69, 9.17) is 9.47 Å². The third kappa shape index (κ3) is 2.70. The minimum absolute atomic E-state index is 0.145. The topological polar surface area (TPSA) is 64.2 Å². The number of hydrogen-bond donors (Lipinski definition) is 1. The fourth-order valence-electron chi connectivity index (χ4n) is 3.57. The molecule has 0 fully saturated rings. The van der Waals surface area contributed by atoms with Crippen LogP contribution in [0.3, 0.4) is 0 Å². The molecule has 2 heterocycles. The van der Waals surface area contributed by atoms with Crippen molar-refractivity contribution in [2.24, 2.45) is 0 Å². The quantitative estimate of drug-likeness (QED) is 0.581. The van der Waals surface area contributed by atoms with Crippen LogP contribution in [0, 0.1) is 0 Å². The lowest BCUT2D eigenvalue weighted by molar-refractivity contribution is 0.0594. The van der Waals surface area contributed by atoms with E-state index in [1.807, 2.05) is 24.3 Å². The summed E-state index contributed by atoms with van der Waals surface area (Å²) in [5.74, 6) is -0.269. The molecule has 4 rings (SSSR count). The Labute approximate surface area is 145 Å². The molecule has 5 nitrogen and oxygen atoms in total. The van der Waals surface area contributed by atoms with Crippen molar-refractivity contribution in [3.8, 4) is 0 Å². The average molecular weight is 336 g/mol. The number of hydrogen-bond acceptors (Lipinski definition) is 4. The van der Waals surface area contributed by atoms with Crippen LogP contribution in [0.15, 0.2) is 42.5 Å². The molecule has 0 bridgehead atoms. The number of nitrogens with one attached hydrogen (secondary N) is 1. The second-order valence-corrected chi connectivity index (χ2v) is 6.32. The van der Waals surface area contributed by atoms with Gasteiger partial charge in [0.1, 0.15) is 5.69 Å². The zero-order chi connectivity index (χ0) is 17.4. The summed E-state index contributed by atoms with van der Waals surface area (Å²) in [4.78, 5) is 20.2. The molecule has 25 heavy (non-hydrogen) atoms. The van der Waals surface area contributed by atoms with Crippen LogP contribution in [0.1, 0.15) is 34.9 Å². The molecule has 0 amide bonds. The maximum Gasteiger partial charge on any atom is 0.356 e. The van der Waals surface area contributed by atoms with E-state index in [2.05, 4.69) is 28.2 Å². The lowest BCUT2D eigenvalue weighted by atomic mass is 9.90. The number of carbonyl (C=O) groups excluding carboxylic acids is 1. The molecular weight excluding hydrogens is 316 g/mol. The molecule has 2 atom stereocenters. The number of aromatic amines is 1. The lowest BCUT2D eigenvalue weighted by Gasteiger charge is -2.22. The van der Waals surface area contributed by atoms with Crippen molar-refractivity contribution in [1.82, 2.24) is 9.97 Å². The Balaban J connectivity index is 1.93. The number of allylic oxidation sites excluding steroid dienone is 1. The van der Waals surface area contributed by atoms with Gasteiger partial charge in [0.05, 0.1) is 24.4 Å². The number of methoxy groups -OCH3 is 2. The molecule has 1 aliphatic carbocycles. The molecule has 5 heteroatoms. The van der Waals surface area contributed by atoms with E-state index in [0.29, 0.717) is 5.69 Å². The highest BCUT2D eigenvalue weighted by Crippen LogP contribution is 2.35. The lowest BCUT2D eigenvalue weighted by Crippen LogP contribution is -2.16. The highest BCUT2D eigenvalue weighted by atomic mass is 16.5. The van der Waals surface area contributed by atoms with Gasteiger partial charge in [0.15, 0.2) is 0 Å². The Morgan fingerprint density at radius 1 is 1.16 bits per heavy atom. The van der Waals surface area contributed by atoms with E-state index in [0.717, 1.165) is 40.3 Å². The van der Waals surface area contributed by atoms with Gasteiger partial charge in [-0.1, -0.05) is 30.4 Å². The number of ether oxygens (including phenoxy) is 2. The normalized spacial score (nSPS) is 20.2. The van der Waals surface area contributed by atoms with Crippen LogP contribution in [-0.4, -0.2) is 36.3 Å². The number of nitrogens with zero attached hydrogens (tertiary/aromatic N) is 1. The molecule has 0 aliphatic heterocycles. The summed E-state index contributed by atoms with van der Waals surface area (Å²) >= 11 is 0. The Hall–Kier alpha value is -2.66. The summed E-state index contributed by atoms with van der Waals surface area (Å²) in [6.45, 7) is 0. The SMILES string of the molecule is COC(=O)c1cc2c([nH]c3ccccc32)c(C2C=CC(OC)CC2)n1. The molecule has 128 valence electrons. The van der Waals surface area contributed by atoms with E-state index >= 15 is 0 Å². The molecule has 0 saturated carbocycles. The van der Waals surface area contributed by atoms with Gasteiger partial charge in [0.25, 0.3) is 0 Å². The van der Waals surface area contributed by atoms with Crippen molar-refractivity contribution < 1.29 is 14.3 Å². The Morgan fingerprint density at radius 3 is 2.72 bits per heavy atom. The number of esters is 1. The largest absolute Gasteiger partial charge is 0.464 e. The maximum atomic E-state index is 12.1. The van der Waals surface area contributed by atoms with Gasteiger partial charge in [0, 0.05) is 29.3 Å². The van der Waals surface area contributed by atoms with Gasteiger partial charge in [-0.05, 0) is 25.0 Å². The molecule has 0 radical (unpaired) electrons. The molecule has 0 spiro atoms. The van der Waals surface area contributed by atoms with Crippen LogP contribution >= 0.6 is 0 Å². The summed E-state index contributed by atoms with van der Waals surface area (Å²) in [7, 11) is 3.11. The van der Waals surface area contributed by atoms with E-state index in [1.165, 1.54) is 7.11 Å². The van der Waals surface area contributed by atoms with Crippen molar-refractivity contribution in [3.63, 3.8) is 0 Å². The molecule has 0 saturated heterocycles. The zero-order valence-electron chi connectivity index (χ0n) is 14.3. The number of pyridine rings is 1. The zero-order valence-corrected chi connectivity index (χ0v) is 14.3. The molecule has 1 aliphatic rings. The number of fused-ring (bicyclic) bond motifs is 3. The molecule has 1 N–H and O–H groups in total. The first-order chi connectivity index (χ1) is 12.2. The second-order valence-electron chi connectivity index (χ2n) is 6.32. The average Bonchev–Trinajstić information content (AvgIpc) is 3.05. The van der Waals surface area contributed by atoms with Crippen LogP contribution in [0.4, 0.5) is 0 Å². The summed E-state index contributed by atoms with van der Waals surface area (Å²) in [6, 6.07) is 9.90. The monoisotopic (exact) mass is 336 g/mol. The third-order valence-electron chi connectivity index (χ3n) is 4.89. The Bertz CT molecular complexity index is 974. The van der Waals surface area contributed by atoms with Gasteiger partial charge in [-0.2, -0.15) is 0 Å². The number of H-pyrrole nitrogens is 1. The van der Waals surface area contributed by atoms with Crippen molar-refractivity contribution in [1.29, 1.82) is 0 Å². The first-order valence-electron chi connectivity index (χ1n) is 8.42. The fourth-order valence-corrected chi connectivity index (χ4v) is 3.57. The van der Waals surface area contributed by atoms with E-state index in [-0.39, 0.29) is 12.0 Å². The van der Waals surface area contributed by atoms with Crippen molar-refractivity contribution >= 4 is 27.8 Å². The highest BCUT2D eigenvalue weighted by Gasteiger charge is 2.23. The summed E-state index contributed by atoms with van der Waals surface area (Å²) in [6.07, 6.45) is 6.22. The summed E-state index contributed by atoms with van der Waals surface area (Å²) in [5.41, 5.74) is 3.26. The standard InChI is InChI=1S/C20H20N2O3/c1-24-13-9-7-12(8-10-13)18-19-15(11-17(22-18)20(23)25-2)14-5-3-4-6-16(14)21-19/h3-7,9,11-13,21H,8,10H2,1-2H3. The van der Waals surface area contributed by atoms with Crippen LogP contribution in [0.5, 0.6) is 0 Å². The predicted molar refractivity (Wildman–Crippen MR) is 96.9 cm³/mol. The van der Waals surface area contributed by atoms with Gasteiger partial charge in [-0.3, -0.25) is 0 Å². The van der Waals surface area contributed by atoms with Gasteiger partial charge < -0.3 is 14.5 Å². The number of carbonyl (C=O) groups is 1. The van der Waals surface area contributed by atoms with Crippen molar-refractivity contribution in [2.45, 2.75) is 24.9 Å². The smallest absolute Gasteiger partial charge is 0.356 e. The van der Waals surface area contributed by atoms with Gasteiger partial charge in [0.2, 0.25) is 0 Å². The van der Waals surface area contributed by atoms with Crippen molar-refractivity contribution in [3.05, 3.63) is 53.9 Å². The molecule has 2 unspecified atom stereocenters. The van der Waals surface area contributed by atoms with Crippen LogP contribution in [0.25, 0.3) is 21.8 Å². The Kier molecular flexibility index (Phi) is 4.01. The number of aromatic nitrogens is 2. The predicted octanol–water partition coefficient (Wildman–Crippen LogP) is 3.95. The Morgan fingerprint density at radius 2 is 2.00 bits per heavy atom.